The Morgan fingerprint density at radius 1 is 1.40 bits per heavy atom. The molecule has 2 aliphatic rings. The van der Waals surface area contributed by atoms with Crippen LogP contribution in [0.4, 0.5) is 10.3 Å². The Bertz CT molecular complexity index is 911. The van der Waals surface area contributed by atoms with Crippen molar-refractivity contribution in [2.75, 3.05) is 24.2 Å². The van der Waals surface area contributed by atoms with Gasteiger partial charge in [0.1, 0.15) is 6.17 Å². The lowest BCUT2D eigenvalue weighted by Crippen LogP contribution is -2.24. The molecule has 2 amide bonds. The summed E-state index contributed by atoms with van der Waals surface area (Å²) in [6.07, 6.45) is 4.66. The van der Waals surface area contributed by atoms with E-state index in [0.29, 0.717) is 40.9 Å². The van der Waals surface area contributed by atoms with Crippen molar-refractivity contribution in [3.05, 3.63) is 17.3 Å². The first-order valence-electron chi connectivity index (χ1n) is 7.78. The minimum absolute atomic E-state index is 0.0408. The number of hydrogen-bond acceptors (Lipinski definition) is 7. The van der Waals surface area contributed by atoms with Crippen LogP contribution in [0.15, 0.2) is 16.9 Å². The predicted molar refractivity (Wildman–Crippen MR) is 90.0 cm³/mol. The number of amides is 2. The molecular weight excluding hydrogens is 347 g/mol. The zero-order valence-electron chi connectivity index (χ0n) is 13.4. The second-order valence-corrected chi connectivity index (χ2v) is 6.67. The number of fused-ring (bicyclic) bond motifs is 1. The maximum Gasteiger partial charge on any atom is 0.254 e. The van der Waals surface area contributed by atoms with Crippen LogP contribution in [-0.2, 0) is 9.59 Å². The van der Waals surface area contributed by atoms with E-state index in [9.17, 15) is 14.0 Å². The zero-order valence-corrected chi connectivity index (χ0v) is 14.2. The summed E-state index contributed by atoms with van der Waals surface area (Å²) >= 11 is 1.38. The van der Waals surface area contributed by atoms with Crippen molar-refractivity contribution in [1.29, 1.82) is 0 Å². The maximum atomic E-state index is 13.6. The molecule has 8 nitrogen and oxygen atoms in total. The summed E-state index contributed by atoms with van der Waals surface area (Å²) in [6, 6.07) is 0. The van der Waals surface area contributed by atoms with E-state index < -0.39 is 12.1 Å². The first kappa shape index (κ1) is 16.0. The van der Waals surface area contributed by atoms with Crippen LogP contribution in [0.5, 0.6) is 0 Å². The van der Waals surface area contributed by atoms with Crippen molar-refractivity contribution in [3.8, 4) is 0 Å². The van der Waals surface area contributed by atoms with E-state index in [1.807, 2.05) is 11.2 Å². The van der Waals surface area contributed by atoms with Gasteiger partial charge in [-0.1, -0.05) is 11.8 Å². The van der Waals surface area contributed by atoms with Crippen molar-refractivity contribution in [2.24, 2.45) is 0 Å². The van der Waals surface area contributed by atoms with Gasteiger partial charge in [0.05, 0.1) is 19.2 Å². The van der Waals surface area contributed by atoms with Crippen molar-refractivity contribution in [3.63, 3.8) is 0 Å². The summed E-state index contributed by atoms with van der Waals surface area (Å²) in [5.41, 5.74) is 1.52. The van der Waals surface area contributed by atoms with Gasteiger partial charge in [-0.2, -0.15) is 14.6 Å². The average molecular weight is 362 g/mol. The number of hydrogen-bond donors (Lipinski definition) is 1. The van der Waals surface area contributed by atoms with Gasteiger partial charge in [-0.3, -0.25) is 14.9 Å². The molecule has 1 atom stereocenters. The summed E-state index contributed by atoms with van der Waals surface area (Å²) in [5, 5.41) is 7.10. The van der Waals surface area contributed by atoms with E-state index in [2.05, 4.69) is 20.4 Å². The number of anilines is 1. The average Bonchev–Trinajstić information content (AvgIpc) is 3.27. The van der Waals surface area contributed by atoms with Crippen LogP contribution in [0, 0.1) is 0 Å². The van der Waals surface area contributed by atoms with Crippen molar-refractivity contribution in [1.82, 2.24) is 24.9 Å². The number of carbonyl (C=O) groups is 2. The highest BCUT2D eigenvalue weighted by atomic mass is 32.2. The fourth-order valence-corrected chi connectivity index (χ4v) is 3.32. The fourth-order valence-electron chi connectivity index (χ4n) is 2.97. The van der Waals surface area contributed by atoms with E-state index in [4.69, 9.17) is 0 Å². The van der Waals surface area contributed by atoms with Crippen molar-refractivity contribution >= 4 is 41.2 Å². The molecule has 0 radical (unpaired) electrons. The summed E-state index contributed by atoms with van der Waals surface area (Å²) in [5.74, 6) is -0.187. The summed E-state index contributed by atoms with van der Waals surface area (Å²) in [6.45, 7) is 0.835. The molecule has 10 heteroatoms. The number of aromatic nitrogens is 4. The number of rotatable bonds is 3. The minimum Gasteiger partial charge on any atom is -0.338 e. The fraction of sp³-hybridized carbons (Fsp3) is 0.400. The summed E-state index contributed by atoms with van der Waals surface area (Å²) < 4.78 is 15.1. The molecule has 0 aromatic carbocycles. The Balaban J connectivity index is 1.81. The number of thioether (sulfide) groups is 1. The second kappa shape index (κ2) is 6.10. The highest BCUT2D eigenvalue weighted by molar-refractivity contribution is 7.98. The lowest BCUT2D eigenvalue weighted by Gasteiger charge is -2.17. The maximum absolute atomic E-state index is 13.6. The number of alkyl halides is 1. The number of halogens is 1. The number of carbonyl (C=O) groups excluding carboxylic acids is 2. The molecule has 0 unspecified atom stereocenters. The largest absolute Gasteiger partial charge is 0.338 e. The van der Waals surface area contributed by atoms with Crippen molar-refractivity contribution < 1.29 is 14.0 Å². The van der Waals surface area contributed by atoms with Gasteiger partial charge >= 0.3 is 0 Å². The van der Waals surface area contributed by atoms with Crippen LogP contribution in [0.2, 0.25) is 0 Å². The molecule has 1 N–H and O–H groups in total. The quantitative estimate of drug-likeness (QED) is 0.491. The SMILES string of the molecule is CSc1nc(N2CC[C@H](F)C2)n2ncc(/C=C3\CC(=O)NC3=O)c2n1. The van der Waals surface area contributed by atoms with E-state index in [1.54, 1.807) is 16.8 Å². The third-order valence-electron chi connectivity index (χ3n) is 4.18. The molecule has 0 spiro atoms. The minimum atomic E-state index is -0.881. The third-order valence-corrected chi connectivity index (χ3v) is 4.73. The van der Waals surface area contributed by atoms with Crippen LogP contribution in [-0.4, -0.2) is 56.9 Å². The molecule has 0 aliphatic carbocycles. The molecule has 4 rings (SSSR count). The van der Waals surface area contributed by atoms with Crippen LogP contribution >= 0.6 is 11.8 Å². The second-order valence-electron chi connectivity index (χ2n) is 5.90. The van der Waals surface area contributed by atoms with Gasteiger partial charge in [0.25, 0.3) is 5.91 Å². The van der Waals surface area contributed by atoms with E-state index in [-0.39, 0.29) is 18.9 Å². The molecular formula is C15H15FN6O2S. The molecule has 0 bridgehead atoms. The summed E-state index contributed by atoms with van der Waals surface area (Å²) in [7, 11) is 0. The smallest absolute Gasteiger partial charge is 0.254 e. The van der Waals surface area contributed by atoms with E-state index >= 15 is 0 Å². The van der Waals surface area contributed by atoms with Gasteiger partial charge in [-0.15, -0.1) is 0 Å². The van der Waals surface area contributed by atoms with Crippen LogP contribution in [0.3, 0.4) is 0 Å². The van der Waals surface area contributed by atoms with Crippen LogP contribution in [0.25, 0.3) is 11.7 Å². The highest BCUT2D eigenvalue weighted by Gasteiger charge is 2.27. The first-order chi connectivity index (χ1) is 12.0. The van der Waals surface area contributed by atoms with Gasteiger partial charge in [-0.05, 0) is 18.8 Å². The molecule has 2 aromatic rings. The molecule has 2 fully saturated rings. The Morgan fingerprint density at radius 3 is 2.88 bits per heavy atom. The Hall–Kier alpha value is -2.49. The van der Waals surface area contributed by atoms with Crippen LogP contribution in [0.1, 0.15) is 18.4 Å². The standard InChI is InChI=1S/C15H15FN6O2S/c1-25-14-19-12-9(4-8-5-11(23)18-13(8)24)6-17-22(12)15(20-14)21-3-2-10(16)7-21/h4,6,10H,2-3,5,7H2,1H3,(H,18,23,24)/b8-4+/t10-/m0/s1. The predicted octanol–water partition coefficient (Wildman–Crippen LogP) is 0.824. The number of nitrogens with one attached hydrogen (secondary N) is 1. The number of imide groups is 1. The lowest BCUT2D eigenvalue weighted by molar-refractivity contribution is -0.124. The molecule has 2 aliphatic heterocycles. The van der Waals surface area contributed by atoms with Gasteiger partial charge in [0.2, 0.25) is 11.9 Å². The van der Waals surface area contributed by atoms with Gasteiger partial charge < -0.3 is 4.90 Å². The molecule has 130 valence electrons. The normalized spacial score (nSPS) is 22.4. The Labute approximate surface area is 146 Å². The number of nitrogens with zero attached hydrogens (tertiary/aromatic N) is 5. The van der Waals surface area contributed by atoms with Crippen LogP contribution < -0.4 is 10.2 Å². The third kappa shape index (κ3) is 2.86. The molecule has 2 aromatic heterocycles. The summed E-state index contributed by atoms with van der Waals surface area (Å²) in [4.78, 5) is 33.9. The van der Waals surface area contributed by atoms with E-state index in [1.165, 1.54) is 11.8 Å². The zero-order chi connectivity index (χ0) is 17.6. The molecule has 25 heavy (non-hydrogen) atoms. The highest BCUT2D eigenvalue weighted by Crippen LogP contribution is 2.25. The first-order valence-corrected chi connectivity index (χ1v) is 9.01. The van der Waals surface area contributed by atoms with Gasteiger partial charge in [0.15, 0.2) is 10.8 Å². The topological polar surface area (TPSA) is 92.5 Å². The molecule has 0 saturated carbocycles. The lowest BCUT2D eigenvalue weighted by atomic mass is 10.1. The van der Waals surface area contributed by atoms with E-state index in [0.717, 1.165) is 0 Å². The van der Waals surface area contributed by atoms with Crippen molar-refractivity contribution in [2.45, 2.75) is 24.2 Å². The monoisotopic (exact) mass is 362 g/mol. The Kier molecular flexibility index (Phi) is 3.91. The molecule has 2 saturated heterocycles. The van der Waals surface area contributed by atoms with Gasteiger partial charge in [-0.25, -0.2) is 9.37 Å². The van der Waals surface area contributed by atoms with Gasteiger partial charge in [0, 0.05) is 17.7 Å². The Morgan fingerprint density at radius 2 is 2.24 bits per heavy atom. The molecule has 4 heterocycles.